The Hall–Kier alpha value is -1.37. The highest BCUT2D eigenvalue weighted by Crippen LogP contribution is 2.16. The Morgan fingerprint density at radius 3 is 2.72 bits per heavy atom. The summed E-state index contributed by atoms with van der Waals surface area (Å²) in [5, 5.41) is 8.87. The van der Waals surface area contributed by atoms with Gasteiger partial charge in [0.1, 0.15) is 0 Å². The molecule has 18 heavy (non-hydrogen) atoms. The molecule has 1 unspecified atom stereocenters. The van der Waals surface area contributed by atoms with Crippen molar-refractivity contribution in [1.29, 1.82) is 5.26 Å². The van der Waals surface area contributed by atoms with E-state index in [0.29, 0.717) is 19.1 Å². The zero-order valence-electron chi connectivity index (χ0n) is 11.1. The fourth-order valence-corrected chi connectivity index (χ4v) is 2.19. The molecule has 1 aliphatic heterocycles. The minimum absolute atomic E-state index is 0.270. The summed E-state index contributed by atoms with van der Waals surface area (Å²) in [7, 11) is 0. The summed E-state index contributed by atoms with van der Waals surface area (Å²) < 4.78 is 5.34. The van der Waals surface area contributed by atoms with Crippen LogP contribution in [0.15, 0.2) is 24.3 Å². The van der Waals surface area contributed by atoms with Gasteiger partial charge in [0.25, 0.3) is 0 Å². The molecule has 0 radical (unpaired) electrons. The van der Waals surface area contributed by atoms with Crippen LogP contribution in [0, 0.1) is 11.3 Å². The molecule has 0 N–H and O–H groups in total. The highest BCUT2D eigenvalue weighted by Gasteiger charge is 2.19. The van der Waals surface area contributed by atoms with Crippen LogP contribution in [0.2, 0.25) is 0 Å². The Bertz CT molecular complexity index is 419. The molecule has 0 bridgehead atoms. The Labute approximate surface area is 109 Å². The molecule has 1 fully saturated rings. The van der Waals surface area contributed by atoms with Crippen LogP contribution in [0.4, 0.5) is 0 Å². The molecule has 2 rings (SSSR count). The maximum atomic E-state index is 8.87. The van der Waals surface area contributed by atoms with Gasteiger partial charge in [-0.15, -0.1) is 0 Å². The predicted molar refractivity (Wildman–Crippen MR) is 71.2 cm³/mol. The van der Waals surface area contributed by atoms with Crippen molar-refractivity contribution in [3.05, 3.63) is 35.4 Å². The van der Waals surface area contributed by atoms with Crippen LogP contribution < -0.4 is 0 Å². The van der Waals surface area contributed by atoms with Crippen molar-refractivity contribution in [3.8, 4) is 6.07 Å². The average Bonchev–Trinajstić information content (AvgIpc) is 2.39. The largest absolute Gasteiger partial charge is 0.361 e. The van der Waals surface area contributed by atoms with Crippen LogP contribution in [-0.2, 0) is 11.3 Å². The molecule has 3 heteroatoms. The Balaban J connectivity index is 1.95. The summed E-state index contributed by atoms with van der Waals surface area (Å²) in [5.41, 5.74) is 2.67. The Kier molecular flexibility index (Phi) is 4.35. The number of morpholine rings is 1. The molecular weight excluding hydrogens is 224 g/mol. The van der Waals surface area contributed by atoms with Gasteiger partial charge < -0.3 is 4.74 Å². The monoisotopic (exact) mass is 244 g/mol. The van der Waals surface area contributed by atoms with E-state index in [-0.39, 0.29) is 6.10 Å². The molecule has 96 valence electrons. The van der Waals surface area contributed by atoms with Crippen LogP contribution in [0.25, 0.3) is 0 Å². The van der Waals surface area contributed by atoms with E-state index >= 15 is 0 Å². The first kappa shape index (κ1) is 13.1. The lowest BCUT2D eigenvalue weighted by Gasteiger charge is -2.29. The Morgan fingerprint density at radius 1 is 1.39 bits per heavy atom. The molecule has 0 aliphatic carbocycles. The molecule has 0 spiro atoms. The number of benzene rings is 1. The van der Waals surface area contributed by atoms with E-state index in [0.717, 1.165) is 13.1 Å². The normalized spacial score (nSPS) is 20.9. The second kappa shape index (κ2) is 5.99. The minimum Gasteiger partial charge on any atom is -0.361 e. The minimum atomic E-state index is -0.270. The van der Waals surface area contributed by atoms with Crippen molar-refractivity contribution in [2.75, 3.05) is 19.7 Å². The third-order valence-corrected chi connectivity index (χ3v) is 3.35. The molecule has 1 atom stereocenters. The molecule has 1 aliphatic rings. The molecular formula is C15H20N2O. The van der Waals surface area contributed by atoms with Gasteiger partial charge in [-0.25, -0.2) is 0 Å². The zero-order valence-corrected chi connectivity index (χ0v) is 11.1. The maximum Gasteiger partial charge on any atom is 0.156 e. The van der Waals surface area contributed by atoms with E-state index < -0.39 is 0 Å². The van der Waals surface area contributed by atoms with Crippen LogP contribution in [-0.4, -0.2) is 30.7 Å². The van der Waals surface area contributed by atoms with Crippen LogP contribution in [0.3, 0.4) is 0 Å². The summed E-state index contributed by atoms with van der Waals surface area (Å²) in [4.78, 5) is 2.28. The van der Waals surface area contributed by atoms with Crippen molar-refractivity contribution in [1.82, 2.24) is 4.90 Å². The average molecular weight is 244 g/mol. The highest BCUT2D eigenvalue weighted by atomic mass is 16.5. The molecule has 1 heterocycles. The van der Waals surface area contributed by atoms with Crippen molar-refractivity contribution < 1.29 is 4.74 Å². The van der Waals surface area contributed by atoms with Gasteiger partial charge in [0.15, 0.2) is 6.10 Å². The number of ether oxygens (including phenoxy) is 1. The van der Waals surface area contributed by atoms with Crippen molar-refractivity contribution in [2.45, 2.75) is 32.4 Å². The fourth-order valence-electron chi connectivity index (χ4n) is 2.19. The molecule has 1 saturated heterocycles. The van der Waals surface area contributed by atoms with Gasteiger partial charge in [-0.3, -0.25) is 4.90 Å². The second-order valence-electron chi connectivity index (χ2n) is 5.12. The lowest BCUT2D eigenvalue weighted by Crippen LogP contribution is -2.41. The van der Waals surface area contributed by atoms with Gasteiger partial charge in [0, 0.05) is 19.6 Å². The standard InChI is InChI=1S/C15H20N2O/c1-12(2)14-5-3-13(4-6-14)10-17-7-8-18-15(9-16)11-17/h3-6,12,15H,7-8,10-11H2,1-2H3. The number of nitrogens with zero attached hydrogens (tertiary/aromatic N) is 2. The van der Waals surface area contributed by atoms with E-state index in [1.807, 2.05) is 0 Å². The number of hydrogen-bond acceptors (Lipinski definition) is 3. The van der Waals surface area contributed by atoms with Gasteiger partial charge in [-0.2, -0.15) is 5.26 Å². The molecule has 1 aromatic carbocycles. The van der Waals surface area contributed by atoms with E-state index in [1.165, 1.54) is 11.1 Å². The van der Waals surface area contributed by atoms with E-state index in [2.05, 4.69) is 49.1 Å². The predicted octanol–water partition coefficient (Wildman–Crippen LogP) is 2.53. The number of rotatable bonds is 3. The summed E-state index contributed by atoms with van der Waals surface area (Å²) in [6.45, 7) is 7.58. The van der Waals surface area contributed by atoms with Gasteiger partial charge >= 0.3 is 0 Å². The van der Waals surface area contributed by atoms with Gasteiger partial charge in [-0.1, -0.05) is 38.1 Å². The lowest BCUT2D eigenvalue weighted by atomic mass is 10.0. The third kappa shape index (κ3) is 3.32. The van der Waals surface area contributed by atoms with Crippen LogP contribution in [0.1, 0.15) is 30.9 Å². The molecule has 3 nitrogen and oxygen atoms in total. The quantitative estimate of drug-likeness (QED) is 0.819. The SMILES string of the molecule is CC(C)c1ccc(CN2CCOC(C#N)C2)cc1. The van der Waals surface area contributed by atoms with Gasteiger partial charge in [0.05, 0.1) is 12.7 Å². The summed E-state index contributed by atoms with van der Waals surface area (Å²) in [5.74, 6) is 0.574. The van der Waals surface area contributed by atoms with E-state index in [9.17, 15) is 0 Å². The van der Waals surface area contributed by atoms with Crippen molar-refractivity contribution in [2.24, 2.45) is 0 Å². The maximum absolute atomic E-state index is 8.87. The van der Waals surface area contributed by atoms with Gasteiger partial charge in [0.2, 0.25) is 0 Å². The Morgan fingerprint density at radius 2 is 2.11 bits per heavy atom. The topological polar surface area (TPSA) is 36.3 Å². The molecule has 0 amide bonds. The smallest absolute Gasteiger partial charge is 0.156 e. The zero-order chi connectivity index (χ0) is 13.0. The van der Waals surface area contributed by atoms with Crippen molar-refractivity contribution >= 4 is 0 Å². The van der Waals surface area contributed by atoms with E-state index in [4.69, 9.17) is 10.00 Å². The molecule has 0 saturated carbocycles. The lowest BCUT2D eigenvalue weighted by molar-refractivity contribution is -0.00269. The summed E-state index contributed by atoms with van der Waals surface area (Å²) >= 11 is 0. The summed E-state index contributed by atoms with van der Waals surface area (Å²) in [6.07, 6.45) is -0.270. The number of hydrogen-bond donors (Lipinski definition) is 0. The third-order valence-electron chi connectivity index (χ3n) is 3.35. The number of nitriles is 1. The first-order valence-corrected chi connectivity index (χ1v) is 6.51. The van der Waals surface area contributed by atoms with Crippen LogP contribution >= 0.6 is 0 Å². The van der Waals surface area contributed by atoms with E-state index in [1.54, 1.807) is 0 Å². The van der Waals surface area contributed by atoms with Crippen LogP contribution in [0.5, 0.6) is 0 Å². The highest BCUT2D eigenvalue weighted by molar-refractivity contribution is 5.24. The first-order chi connectivity index (χ1) is 8.69. The molecule has 1 aromatic rings. The second-order valence-corrected chi connectivity index (χ2v) is 5.12. The first-order valence-electron chi connectivity index (χ1n) is 6.51. The fraction of sp³-hybridized carbons (Fsp3) is 0.533. The molecule has 0 aromatic heterocycles. The van der Waals surface area contributed by atoms with Gasteiger partial charge in [-0.05, 0) is 17.0 Å². The van der Waals surface area contributed by atoms with Crippen molar-refractivity contribution in [3.63, 3.8) is 0 Å². The summed E-state index contributed by atoms with van der Waals surface area (Å²) in [6, 6.07) is 10.9.